The Morgan fingerprint density at radius 2 is 2.10 bits per heavy atom. The minimum absolute atomic E-state index is 0.0717. The Hall–Kier alpha value is -0.580. The van der Waals surface area contributed by atoms with E-state index in [1.165, 1.54) is 0 Å². The summed E-state index contributed by atoms with van der Waals surface area (Å²) in [4.78, 5) is 9.61. The van der Waals surface area contributed by atoms with Crippen molar-refractivity contribution in [2.75, 3.05) is 5.75 Å². The zero-order valence-electron chi connectivity index (χ0n) is 5.33. The molecule has 0 unspecified atom stereocenters. The monoisotopic (exact) mass is 162 g/mol. The van der Waals surface area contributed by atoms with E-state index in [1.807, 2.05) is 0 Å². The van der Waals surface area contributed by atoms with Gasteiger partial charge in [0.15, 0.2) is 0 Å². The third-order valence-corrected chi connectivity index (χ3v) is 2.65. The van der Waals surface area contributed by atoms with Gasteiger partial charge in [-0.05, 0) is 18.8 Å². The van der Waals surface area contributed by atoms with Crippen LogP contribution in [0.15, 0.2) is 0 Å². The lowest BCUT2D eigenvalue weighted by Crippen LogP contribution is -2.25. The first kappa shape index (κ1) is 7.53. The molecule has 1 aliphatic carbocycles. The molecule has 0 heterocycles. The molecule has 0 saturated heterocycles. The molecule has 5 heteroatoms. The molecule has 1 rings (SSSR count). The smallest absolute Gasteiger partial charge is 0.263 e. The maximum atomic E-state index is 10.7. The van der Waals surface area contributed by atoms with Crippen molar-refractivity contribution in [3.05, 3.63) is 0 Å². The van der Waals surface area contributed by atoms with Gasteiger partial charge in [-0.25, -0.2) is 13.1 Å². The summed E-state index contributed by atoms with van der Waals surface area (Å²) in [6.45, 7) is 0. The molecule has 0 aromatic rings. The summed E-state index contributed by atoms with van der Waals surface area (Å²) in [5.74, 6) is 0.341. The van der Waals surface area contributed by atoms with E-state index in [9.17, 15) is 13.2 Å². The zero-order valence-corrected chi connectivity index (χ0v) is 6.15. The SMILES string of the molecule is O=[C]NS(=O)(=O)CC1CC1. The Morgan fingerprint density at radius 3 is 2.50 bits per heavy atom. The molecule has 1 fully saturated rings. The second kappa shape index (κ2) is 2.57. The van der Waals surface area contributed by atoms with Gasteiger partial charge < -0.3 is 0 Å². The summed E-state index contributed by atoms with van der Waals surface area (Å²) in [6.07, 6.45) is 3.07. The van der Waals surface area contributed by atoms with Crippen molar-refractivity contribution < 1.29 is 13.2 Å². The first-order chi connectivity index (χ1) is 4.64. The van der Waals surface area contributed by atoms with Gasteiger partial charge in [0.2, 0.25) is 10.0 Å². The molecule has 1 N–H and O–H groups in total. The Labute approximate surface area is 59.7 Å². The van der Waals surface area contributed by atoms with Crippen LogP contribution in [0, 0.1) is 5.92 Å². The van der Waals surface area contributed by atoms with E-state index in [2.05, 4.69) is 0 Å². The van der Waals surface area contributed by atoms with Gasteiger partial charge in [-0.2, -0.15) is 0 Å². The molecule has 0 bridgehead atoms. The minimum atomic E-state index is -3.34. The van der Waals surface area contributed by atoms with Crippen LogP contribution in [-0.2, 0) is 14.8 Å². The van der Waals surface area contributed by atoms with Gasteiger partial charge in [0.05, 0.1) is 5.75 Å². The normalized spacial score (nSPS) is 18.4. The highest BCUT2D eigenvalue weighted by molar-refractivity contribution is 7.89. The molecule has 0 spiro atoms. The Morgan fingerprint density at radius 1 is 1.50 bits per heavy atom. The van der Waals surface area contributed by atoms with Crippen LogP contribution in [0.4, 0.5) is 0 Å². The number of amides is 1. The van der Waals surface area contributed by atoms with Crippen molar-refractivity contribution in [3.63, 3.8) is 0 Å². The highest BCUT2D eigenvalue weighted by atomic mass is 32.2. The predicted molar refractivity (Wildman–Crippen MR) is 35.3 cm³/mol. The van der Waals surface area contributed by atoms with Crippen LogP contribution in [0.1, 0.15) is 12.8 Å². The second-order valence-electron chi connectivity index (χ2n) is 2.43. The Kier molecular flexibility index (Phi) is 1.94. The summed E-state index contributed by atoms with van der Waals surface area (Å²) in [6, 6.07) is 0. The fraction of sp³-hybridized carbons (Fsp3) is 0.800. The topological polar surface area (TPSA) is 63.2 Å². The van der Waals surface area contributed by atoms with E-state index in [4.69, 9.17) is 0 Å². The molecule has 0 aliphatic heterocycles. The quantitative estimate of drug-likeness (QED) is 0.560. The molecule has 1 saturated carbocycles. The highest BCUT2D eigenvalue weighted by Gasteiger charge is 2.27. The van der Waals surface area contributed by atoms with Crippen molar-refractivity contribution in [3.8, 4) is 0 Å². The molecule has 4 nitrogen and oxygen atoms in total. The number of hydrogen-bond acceptors (Lipinski definition) is 3. The van der Waals surface area contributed by atoms with E-state index in [0.717, 1.165) is 19.3 Å². The molecule has 1 aliphatic rings. The molecule has 1 amide bonds. The van der Waals surface area contributed by atoms with E-state index in [1.54, 1.807) is 4.72 Å². The summed E-state index contributed by atoms with van der Waals surface area (Å²) in [5.41, 5.74) is 0. The molecule has 0 aromatic heterocycles. The summed E-state index contributed by atoms with van der Waals surface area (Å²) in [7, 11) is -3.34. The van der Waals surface area contributed by atoms with E-state index in [0.29, 0.717) is 0 Å². The van der Waals surface area contributed by atoms with E-state index < -0.39 is 10.0 Å². The van der Waals surface area contributed by atoms with Crippen LogP contribution < -0.4 is 4.72 Å². The predicted octanol–water partition coefficient (Wildman–Crippen LogP) is -0.617. The van der Waals surface area contributed by atoms with Gasteiger partial charge in [-0.15, -0.1) is 0 Å². The summed E-state index contributed by atoms with van der Waals surface area (Å²) >= 11 is 0. The Balaban J connectivity index is 2.41. The lowest BCUT2D eigenvalue weighted by Gasteiger charge is -1.96. The summed E-state index contributed by atoms with van der Waals surface area (Å²) < 4.78 is 23.1. The van der Waals surface area contributed by atoms with Crippen LogP contribution in [0.25, 0.3) is 0 Å². The zero-order chi connectivity index (χ0) is 7.61. The van der Waals surface area contributed by atoms with E-state index >= 15 is 0 Å². The summed E-state index contributed by atoms with van der Waals surface area (Å²) in [5, 5.41) is 0. The highest BCUT2D eigenvalue weighted by Crippen LogP contribution is 2.29. The van der Waals surface area contributed by atoms with Gasteiger partial charge >= 0.3 is 6.41 Å². The minimum Gasteiger partial charge on any atom is -0.263 e. The third kappa shape index (κ3) is 2.34. The standard InChI is InChI=1S/C5H8NO3S/c7-4-6-10(8,9)3-5-1-2-5/h5H,1-3H2,(H,6,7). The molecule has 0 aromatic carbocycles. The van der Waals surface area contributed by atoms with Crippen LogP contribution in [-0.4, -0.2) is 20.6 Å². The second-order valence-corrected chi connectivity index (χ2v) is 4.20. The van der Waals surface area contributed by atoms with Crippen LogP contribution in [0.3, 0.4) is 0 Å². The third-order valence-electron chi connectivity index (χ3n) is 1.35. The van der Waals surface area contributed by atoms with Gasteiger partial charge in [0.25, 0.3) is 0 Å². The number of sulfonamides is 1. The van der Waals surface area contributed by atoms with Gasteiger partial charge in [0, 0.05) is 0 Å². The van der Waals surface area contributed by atoms with Crippen molar-refractivity contribution in [2.24, 2.45) is 5.92 Å². The number of nitrogens with one attached hydrogen (secondary N) is 1. The molecule has 57 valence electrons. The molecule has 1 radical (unpaired) electrons. The van der Waals surface area contributed by atoms with Crippen molar-refractivity contribution >= 4 is 16.4 Å². The average Bonchev–Trinajstić information content (AvgIpc) is 2.48. The largest absolute Gasteiger partial charge is 0.323 e. The van der Waals surface area contributed by atoms with Gasteiger partial charge in [0.1, 0.15) is 0 Å². The first-order valence-corrected chi connectivity index (χ1v) is 4.66. The lowest BCUT2D eigenvalue weighted by atomic mass is 10.5. The number of rotatable bonds is 4. The van der Waals surface area contributed by atoms with Crippen LogP contribution in [0.5, 0.6) is 0 Å². The molecule has 0 atom stereocenters. The maximum Gasteiger partial charge on any atom is 0.323 e. The van der Waals surface area contributed by atoms with Crippen LogP contribution >= 0.6 is 0 Å². The molecule has 10 heavy (non-hydrogen) atoms. The first-order valence-electron chi connectivity index (χ1n) is 3.01. The van der Waals surface area contributed by atoms with E-state index in [-0.39, 0.29) is 11.7 Å². The fourth-order valence-electron chi connectivity index (χ4n) is 0.700. The Bertz CT molecular complexity index is 217. The average molecular weight is 162 g/mol. The maximum absolute atomic E-state index is 10.7. The molecular weight excluding hydrogens is 154 g/mol. The lowest BCUT2D eigenvalue weighted by molar-refractivity contribution is 0.546. The van der Waals surface area contributed by atoms with Crippen molar-refractivity contribution in [1.82, 2.24) is 4.72 Å². The number of carbonyl (C=O) groups excluding carboxylic acids is 1. The van der Waals surface area contributed by atoms with Crippen LogP contribution in [0.2, 0.25) is 0 Å². The van der Waals surface area contributed by atoms with Crippen molar-refractivity contribution in [2.45, 2.75) is 12.8 Å². The van der Waals surface area contributed by atoms with Gasteiger partial charge in [-0.3, -0.25) is 4.79 Å². The fourth-order valence-corrected chi connectivity index (χ4v) is 1.86. The van der Waals surface area contributed by atoms with Crippen molar-refractivity contribution in [1.29, 1.82) is 0 Å². The molecular formula is C5H8NO3S. The number of hydrogen-bond donors (Lipinski definition) is 1. The van der Waals surface area contributed by atoms with Gasteiger partial charge in [-0.1, -0.05) is 0 Å².